The molecule has 0 saturated carbocycles. The standard InChI is InChI=1S/C16H17F3N6/c1-10-8-13(20-9-11(2)21-12-6-4-3-5-7-12)25-15(22-10)23-14(24-25)16(17,18)19/h3-8,11,20-21H,9H2,1-2H3. The van der Waals surface area contributed by atoms with Gasteiger partial charge < -0.3 is 10.6 Å². The van der Waals surface area contributed by atoms with Crippen LogP contribution in [0.2, 0.25) is 0 Å². The number of hydrogen-bond acceptors (Lipinski definition) is 5. The van der Waals surface area contributed by atoms with Gasteiger partial charge in [0.05, 0.1) is 0 Å². The van der Waals surface area contributed by atoms with E-state index in [0.717, 1.165) is 10.2 Å². The predicted molar refractivity (Wildman–Crippen MR) is 88.5 cm³/mol. The van der Waals surface area contributed by atoms with Crippen molar-refractivity contribution in [3.8, 4) is 0 Å². The van der Waals surface area contributed by atoms with Crippen LogP contribution in [0.4, 0.5) is 24.7 Å². The van der Waals surface area contributed by atoms with Gasteiger partial charge in [0.2, 0.25) is 0 Å². The normalized spacial score (nSPS) is 13.0. The average molecular weight is 350 g/mol. The number of nitrogens with zero attached hydrogens (tertiary/aromatic N) is 4. The van der Waals surface area contributed by atoms with E-state index in [9.17, 15) is 13.2 Å². The van der Waals surface area contributed by atoms with E-state index in [-0.39, 0.29) is 11.8 Å². The molecule has 3 rings (SSSR count). The highest BCUT2D eigenvalue weighted by Gasteiger charge is 2.36. The van der Waals surface area contributed by atoms with Crippen LogP contribution in [0.1, 0.15) is 18.4 Å². The van der Waals surface area contributed by atoms with Gasteiger partial charge in [-0.15, -0.1) is 5.10 Å². The number of aryl methyl sites for hydroxylation is 1. The summed E-state index contributed by atoms with van der Waals surface area (Å²) >= 11 is 0. The summed E-state index contributed by atoms with van der Waals surface area (Å²) in [6, 6.07) is 11.3. The Morgan fingerprint density at radius 3 is 2.56 bits per heavy atom. The first-order chi connectivity index (χ1) is 11.8. The largest absolute Gasteiger partial charge is 0.453 e. The van der Waals surface area contributed by atoms with Gasteiger partial charge in [0, 0.05) is 30.0 Å². The smallest absolute Gasteiger partial charge is 0.381 e. The van der Waals surface area contributed by atoms with Crippen molar-refractivity contribution in [2.75, 3.05) is 17.2 Å². The van der Waals surface area contributed by atoms with Gasteiger partial charge in [0.15, 0.2) is 0 Å². The zero-order valence-corrected chi connectivity index (χ0v) is 13.7. The number of alkyl halides is 3. The van der Waals surface area contributed by atoms with E-state index in [2.05, 4.69) is 25.7 Å². The van der Waals surface area contributed by atoms with Crippen molar-refractivity contribution in [1.29, 1.82) is 0 Å². The molecule has 0 spiro atoms. The second-order valence-electron chi connectivity index (χ2n) is 5.72. The molecule has 0 bridgehead atoms. The van der Waals surface area contributed by atoms with Crippen molar-refractivity contribution < 1.29 is 13.2 Å². The molecule has 3 aromatic rings. The molecule has 1 aromatic carbocycles. The van der Waals surface area contributed by atoms with Crippen LogP contribution in [-0.4, -0.2) is 32.2 Å². The molecule has 6 nitrogen and oxygen atoms in total. The summed E-state index contributed by atoms with van der Waals surface area (Å²) < 4.78 is 39.5. The van der Waals surface area contributed by atoms with Crippen LogP contribution >= 0.6 is 0 Å². The molecule has 0 amide bonds. The maximum atomic E-state index is 12.8. The molecular formula is C16H17F3N6. The SMILES string of the molecule is Cc1cc(NCC(C)Nc2ccccc2)n2nc(C(F)(F)F)nc2n1. The van der Waals surface area contributed by atoms with Crippen molar-refractivity contribution in [3.63, 3.8) is 0 Å². The van der Waals surface area contributed by atoms with Gasteiger partial charge in [0.1, 0.15) is 5.82 Å². The Bertz CT molecular complexity index is 859. The molecular weight excluding hydrogens is 333 g/mol. The molecule has 0 aliphatic heterocycles. The maximum Gasteiger partial charge on any atom is 0.453 e. The van der Waals surface area contributed by atoms with Crippen molar-refractivity contribution in [1.82, 2.24) is 19.6 Å². The van der Waals surface area contributed by atoms with E-state index >= 15 is 0 Å². The molecule has 1 atom stereocenters. The van der Waals surface area contributed by atoms with Crippen molar-refractivity contribution in [3.05, 3.63) is 47.9 Å². The lowest BCUT2D eigenvalue weighted by Gasteiger charge is -2.17. The minimum Gasteiger partial charge on any atom is -0.381 e. The summed E-state index contributed by atoms with van der Waals surface area (Å²) in [4.78, 5) is 7.46. The second-order valence-corrected chi connectivity index (χ2v) is 5.72. The fourth-order valence-electron chi connectivity index (χ4n) is 2.36. The minimum atomic E-state index is -4.61. The number of para-hydroxylation sites is 1. The summed E-state index contributed by atoms with van der Waals surface area (Å²) in [5.74, 6) is -0.880. The summed E-state index contributed by atoms with van der Waals surface area (Å²) in [6.45, 7) is 4.14. The lowest BCUT2D eigenvalue weighted by molar-refractivity contribution is -0.144. The zero-order chi connectivity index (χ0) is 18.0. The van der Waals surface area contributed by atoms with E-state index in [1.807, 2.05) is 37.3 Å². The summed E-state index contributed by atoms with van der Waals surface area (Å²) in [5.41, 5.74) is 1.52. The number of benzene rings is 1. The van der Waals surface area contributed by atoms with Crippen LogP contribution in [0.25, 0.3) is 5.78 Å². The zero-order valence-electron chi connectivity index (χ0n) is 13.7. The Morgan fingerprint density at radius 2 is 1.88 bits per heavy atom. The molecule has 2 N–H and O–H groups in total. The van der Waals surface area contributed by atoms with E-state index in [1.54, 1.807) is 13.0 Å². The first-order valence-corrected chi connectivity index (χ1v) is 7.70. The second kappa shape index (κ2) is 6.58. The first-order valence-electron chi connectivity index (χ1n) is 7.70. The quantitative estimate of drug-likeness (QED) is 0.739. The monoisotopic (exact) mass is 350 g/mol. The van der Waals surface area contributed by atoms with Gasteiger partial charge in [-0.25, -0.2) is 4.98 Å². The van der Waals surface area contributed by atoms with Gasteiger partial charge in [-0.2, -0.15) is 22.7 Å². The molecule has 0 radical (unpaired) electrons. The molecule has 0 aliphatic carbocycles. The Kier molecular flexibility index (Phi) is 4.47. The highest BCUT2D eigenvalue weighted by molar-refractivity contribution is 5.47. The fourth-order valence-corrected chi connectivity index (χ4v) is 2.36. The Morgan fingerprint density at radius 1 is 1.16 bits per heavy atom. The number of hydrogen-bond donors (Lipinski definition) is 2. The molecule has 0 aliphatic rings. The molecule has 2 aromatic heterocycles. The van der Waals surface area contributed by atoms with Gasteiger partial charge in [-0.1, -0.05) is 18.2 Å². The summed E-state index contributed by atoms with van der Waals surface area (Å²) in [5, 5.41) is 9.93. The summed E-state index contributed by atoms with van der Waals surface area (Å²) in [6.07, 6.45) is -4.61. The molecule has 2 heterocycles. The third-order valence-corrected chi connectivity index (χ3v) is 3.47. The number of halogens is 3. The van der Waals surface area contributed by atoms with Gasteiger partial charge in [-0.3, -0.25) is 0 Å². The molecule has 0 fully saturated rings. The number of aromatic nitrogens is 4. The Labute approximate surface area is 142 Å². The Balaban J connectivity index is 1.77. The van der Waals surface area contributed by atoms with Gasteiger partial charge >= 0.3 is 6.18 Å². The highest BCUT2D eigenvalue weighted by Crippen LogP contribution is 2.27. The molecule has 25 heavy (non-hydrogen) atoms. The lowest BCUT2D eigenvalue weighted by atomic mass is 10.2. The maximum absolute atomic E-state index is 12.8. The number of nitrogens with one attached hydrogen (secondary N) is 2. The lowest BCUT2D eigenvalue weighted by Crippen LogP contribution is -2.25. The van der Waals surface area contributed by atoms with Crippen molar-refractivity contribution in [2.45, 2.75) is 26.1 Å². The first kappa shape index (κ1) is 17.0. The third kappa shape index (κ3) is 3.98. The van der Waals surface area contributed by atoms with E-state index in [4.69, 9.17) is 0 Å². The number of fused-ring (bicyclic) bond motifs is 1. The topological polar surface area (TPSA) is 67.1 Å². The third-order valence-electron chi connectivity index (χ3n) is 3.47. The van der Waals surface area contributed by atoms with E-state index < -0.39 is 12.0 Å². The summed E-state index contributed by atoms with van der Waals surface area (Å²) in [7, 11) is 0. The molecule has 1 unspecified atom stereocenters. The van der Waals surface area contributed by atoms with Crippen molar-refractivity contribution in [2.24, 2.45) is 0 Å². The average Bonchev–Trinajstić information content (AvgIpc) is 2.97. The van der Waals surface area contributed by atoms with Crippen LogP contribution in [0.15, 0.2) is 36.4 Å². The van der Waals surface area contributed by atoms with Crippen LogP contribution in [0.3, 0.4) is 0 Å². The number of rotatable bonds is 5. The van der Waals surface area contributed by atoms with E-state index in [0.29, 0.717) is 18.1 Å². The highest BCUT2D eigenvalue weighted by atomic mass is 19.4. The van der Waals surface area contributed by atoms with Crippen molar-refractivity contribution >= 4 is 17.3 Å². The Hall–Kier alpha value is -2.84. The minimum absolute atomic E-state index is 0.0385. The van der Waals surface area contributed by atoms with Crippen LogP contribution < -0.4 is 10.6 Å². The van der Waals surface area contributed by atoms with E-state index in [1.165, 1.54) is 0 Å². The molecule has 0 saturated heterocycles. The van der Waals surface area contributed by atoms with Crippen LogP contribution in [0.5, 0.6) is 0 Å². The molecule has 9 heteroatoms. The van der Waals surface area contributed by atoms with Gasteiger partial charge in [0.25, 0.3) is 11.6 Å². The fraction of sp³-hybridized carbons (Fsp3) is 0.312. The van der Waals surface area contributed by atoms with Gasteiger partial charge in [-0.05, 0) is 26.0 Å². The van der Waals surface area contributed by atoms with Crippen LogP contribution in [-0.2, 0) is 6.18 Å². The molecule has 132 valence electrons. The number of anilines is 2. The predicted octanol–water partition coefficient (Wildman–Crippen LogP) is 3.36. The van der Waals surface area contributed by atoms with Crippen LogP contribution in [0, 0.1) is 6.92 Å².